The number of methoxy groups -OCH3 is 1. The molecule has 1 amide bonds. The molecule has 0 aromatic heterocycles. The van der Waals surface area contributed by atoms with E-state index in [1.54, 1.807) is 13.2 Å². The number of halogens is 1. The monoisotopic (exact) mass is 400 g/mol. The summed E-state index contributed by atoms with van der Waals surface area (Å²) >= 11 is 5.94. The van der Waals surface area contributed by atoms with E-state index in [1.165, 1.54) is 18.3 Å². The average Bonchev–Trinajstić information content (AvgIpc) is 2.69. The normalized spacial score (nSPS) is 10.7. The molecule has 2 rings (SSSR count). The molecule has 0 spiro atoms. The molecule has 0 aliphatic carbocycles. The van der Waals surface area contributed by atoms with Gasteiger partial charge in [0, 0.05) is 24.9 Å². The molecule has 0 heterocycles. The zero-order chi connectivity index (χ0) is 20.5. The zero-order valence-corrected chi connectivity index (χ0v) is 15.7. The number of nitro groups is 1. The number of hydrogen-bond donors (Lipinski definition) is 2. The summed E-state index contributed by atoms with van der Waals surface area (Å²) < 4.78 is 5.09. The molecule has 8 nitrogen and oxygen atoms in total. The SMILES string of the molecule is COc1ccc(CCN/C=C(/C#N)C(=O)Nc2cc([N+](=O)[O-])ccc2Cl)cc1. The molecular weight excluding hydrogens is 384 g/mol. The summed E-state index contributed by atoms with van der Waals surface area (Å²) in [6.07, 6.45) is 1.97. The van der Waals surface area contributed by atoms with E-state index >= 15 is 0 Å². The number of carbonyl (C=O) groups is 1. The molecule has 0 unspecified atom stereocenters. The van der Waals surface area contributed by atoms with Crippen molar-refractivity contribution >= 4 is 28.9 Å². The van der Waals surface area contributed by atoms with Crippen LogP contribution in [0.25, 0.3) is 0 Å². The minimum absolute atomic E-state index is 0.0558. The summed E-state index contributed by atoms with van der Waals surface area (Å²) in [5.41, 5.74) is 0.713. The molecule has 0 bridgehead atoms. The van der Waals surface area contributed by atoms with Gasteiger partial charge in [-0.2, -0.15) is 5.26 Å². The largest absolute Gasteiger partial charge is 0.497 e. The van der Waals surface area contributed by atoms with Crippen molar-refractivity contribution in [1.82, 2.24) is 5.32 Å². The Labute approximate surface area is 166 Å². The molecule has 0 fully saturated rings. The van der Waals surface area contributed by atoms with Crippen LogP contribution in [0.15, 0.2) is 54.2 Å². The quantitative estimate of drug-likeness (QED) is 0.230. The zero-order valence-electron chi connectivity index (χ0n) is 14.9. The number of ether oxygens (including phenoxy) is 1. The topological polar surface area (TPSA) is 117 Å². The predicted octanol–water partition coefficient (Wildman–Crippen LogP) is 3.44. The maximum Gasteiger partial charge on any atom is 0.271 e. The molecule has 0 atom stereocenters. The Hall–Kier alpha value is -3.57. The van der Waals surface area contributed by atoms with Crippen LogP contribution in [0.2, 0.25) is 5.02 Å². The number of non-ortho nitro benzene ring substituents is 1. The van der Waals surface area contributed by atoms with Gasteiger partial charge in [0.1, 0.15) is 17.4 Å². The number of nitrogens with one attached hydrogen (secondary N) is 2. The highest BCUT2D eigenvalue weighted by atomic mass is 35.5. The molecule has 0 aliphatic rings. The van der Waals surface area contributed by atoms with Gasteiger partial charge in [-0.05, 0) is 30.2 Å². The number of hydrogen-bond acceptors (Lipinski definition) is 6. The van der Waals surface area contributed by atoms with Crippen LogP contribution in [-0.4, -0.2) is 24.5 Å². The van der Waals surface area contributed by atoms with E-state index in [1.807, 2.05) is 24.3 Å². The maximum absolute atomic E-state index is 12.2. The summed E-state index contributed by atoms with van der Waals surface area (Å²) in [5.74, 6) is 0.0432. The standard InChI is InChI=1S/C19H17ClN4O4/c1-28-16-5-2-13(3-6-16)8-9-22-12-14(11-21)19(25)23-18-10-15(24(26)27)4-7-17(18)20/h2-7,10,12,22H,8-9H2,1H3,(H,23,25)/b14-12-. The van der Waals surface area contributed by atoms with E-state index in [0.29, 0.717) is 13.0 Å². The molecule has 0 radical (unpaired) electrons. The third-order valence-electron chi connectivity index (χ3n) is 3.74. The van der Waals surface area contributed by atoms with Crippen molar-refractivity contribution in [2.75, 3.05) is 19.0 Å². The van der Waals surface area contributed by atoms with E-state index in [2.05, 4.69) is 10.6 Å². The second kappa shape index (κ2) is 9.94. The van der Waals surface area contributed by atoms with E-state index in [0.717, 1.165) is 17.4 Å². The molecule has 2 aromatic carbocycles. The van der Waals surface area contributed by atoms with E-state index in [4.69, 9.17) is 16.3 Å². The first-order valence-corrected chi connectivity index (χ1v) is 8.54. The number of benzene rings is 2. The Kier molecular flexibility index (Phi) is 7.37. The van der Waals surface area contributed by atoms with Crippen molar-refractivity contribution in [1.29, 1.82) is 5.26 Å². The highest BCUT2D eigenvalue weighted by molar-refractivity contribution is 6.34. The molecule has 0 saturated carbocycles. The molecule has 0 saturated heterocycles. The number of amides is 1. The number of anilines is 1. The first-order valence-electron chi connectivity index (χ1n) is 8.16. The lowest BCUT2D eigenvalue weighted by molar-refractivity contribution is -0.384. The van der Waals surface area contributed by atoms with Gasteiger partial charge in [-0.15, -0.1) is 0 Å². The molecule has 2 N–H and O–H groups in total. The minimum Gasteiger partial charge on any atom is -0.497 e. The summed E-state index contributed by atoms with van der Waals surface area (Å²) in [5, 5.41) is 25.5. The van der Waals surface area contributed by atoms with Crippen LogP contribution in [0.3, 0.4) is 0 Å². The fraction of sp³-hybridized carbons (Fsp3) is 0.158. The highest BCUT2D eigenvalue weighted by Gasteiger charge is 2.14. The van der Waals surface area contributed by atoms with Crippen molar-refractivity contribution in [3.05, 3.63) is 74.9 Å². The highest BCUT2D eigenvalue weighted by Crippen LogP contribution is 2.27. The molecule has 144 valence electrons. The lowest BCUT2D eigenvalue weighted by Gasteiger charge is -2.07. The number of nitriles is 1. The smallest absolute Gasteiger partial charge is 0.271 e. The summed E-state index contributed by atoms with van der Waals surface area (Å²) in [6, 6.07) is 13.0. The fourth-order valence-corrected chi connectivity index (χ4v) is 2.41. The first-order chi connectivity index (χ1) is 13.4. The van der Waals surface area contributed by atoms with Gasteiger partial charge in [0.15, 0.2) is 0 Å². The van der Waals surface area contributed by atoms with E-state index < -0.39 is 10.8 Å². The number of nitrogens with zero attached hydrogens (tertiary/aromatic N) is 2. The van der Waals surface area contributed by atoms with E-state index in [9.17, 15) is 20.2 Å². The van der Waals surface area contributed by atoms with E-state index in [-0.39, 0.29) is 22.0 Å². The third-order valence-corrected chi connectivity index (χ3v) is 4.07. The Morgan fingerprint density at radius 2 is 2.04 bits per heavy atom. The summed E-state index contributed by atoms with van der Waals surface area (Å²) in [6.45, 7) is 0.502. The number of nitro benzene ring substituents is 1. The molecule has 9 heteroatoms. The third kappa shape index (κ3) is 5.72. The Bertz CT molecular complexity index is 936. The second-order valence-corrected chi connectivity index (χ2v) is 6.00. The van der Waals surface area contributed by atoms with Gasteiger partial charge in [-0.3, -0.25) is 14.9 Å². The number of rotatable bonds is 8. The Morgan fingerprint density at radius 1 is 1.32 bits per heavy atom. The molecule has 2 aromatic rings. The lowest BCUT2D eigenvalue weighted by Crippen LogP contribution is -2.18. The second-order valence-electron chi connectivity index (χ2n) is 5.60. The first kappa shape index (κ1) is 20.7. The Balaban J connectivity index is 1.96. The summed E-state index contributed by atoms with van der Waals surface area (Å²) in [4.78, 5) is 22.5. The van der Waals surface area contributed by atoms with Crippen molar-refractivity contribution in [3.8, 4) is 11.8 Å². The van der Waals surface area contributed by atoms with Crippen LogP contribution < -0.4 is 15.4 Å². The van der Waals surface area contributed by atoms with Crippen LogP contribution in [0, 0.1) is 21.4 Å². The van der Waals surface area contributed by atoms with Crippen LogP contribution in [0.5, 0.6) is 5.75 Å². The number of carbonyl (C=O) groups excluding carboxylic acids is 1. The van der Waals surface area contributed by atoms with Gasteiger partial charge in [0.25, 0.3) is 11.6 Å². The van der Waals surface area contributed by atoms with Gasteiger partial charge in [0.2, 0.25) is 0 Å². The Morgan fingerprint density at radius 3 is 2.64 bits per heavy atom. The van der Waals surface area contributed by atoms with Crippen LogP contribution in [0.4, 0.5) is 11.4 Å². The van der Waals surface area contributed by atoms with Gasteiger partial charge < -0.3 is 15.4 Å². The van der Waals surface area contributed by atoms with Gasteiger partial charge in [-0.25, -0.2) is 0 Å². The van der Waals surface area contributed by atoms with Crippen molar-refractivity contribution < 1.29 is 14.5 Å². The van der Waals surface area contributed by atoms with Gasteiger partial charge in [-0.1, -0.05) is 23.7 Å². The van der Waals surface area contributed by atoms with Crippen LogP contribution in [0.1, 0.15) is 5.56 Å². The van der Waals surface area contributed by atoms with Crippen molar-refractivity contribution in [2.45, 2.75) is 6.42 Å². The van der Waals surface area contributed by atoms with Crippen LogP contribution >= 0.6 is 11.6 Å². The minimum atomic E-state index is -0.721. The lowest BCUT2D eigenvalue weighted by atomic mass is 10.1. The van der Waals surface area contributed by atoms with Gasteiger partial charge >= 0.3 is 0 Å². The van der Waals surface area contributed by atoms with Crippen molar-refractivity contribution in [2.24, 2.45) is 0 Å². The molecule has 0 aliphatic heterocycles. The average molecular weight is 401 g/mol. The predicted molar refractivity (Wildman–Crippen MR) is 105 cm³/mol. The van der Waals surface area contributed by atoms with Crippen LogP contribution in [-0.2, 0) is 11.2 Å². The van der Waals surface area contributed by atoms with Crippen molar-refractivity contribution in [3.63, 3.8) is 0 Å². The van der Waals surface area contributed by atoms with Gasteiger partial charge in [0.05, 0.1) is 22.7 Å². The maximum atomic E-state index is 12.2. The molecule has 28 heavy (non-hydrogen) atoms. The summed E-state index contributed by atoms with van der Waals surface area (Å²) in [7, 11) is 1.59. The molecular formula is C19H17ClN4O4. The fourth-order valence-electron chi connectivity index (χ4n) is 2.24.